The molecule has 0 bridgehead atoms. The van der Waals surface area contributed by atoms with Crippen molar-refractivity contribution in [3.8, 4) is 0 Å². The highest BCUT2D eigenvalue weighted by Gasteiger charge is 2.39. The Hall–Kier alpha value is -1.86. The normalized spacial score (nSPS) is 14.5. The lowest BCUT2D eigenvalue weighted by atomic mass is 10.1. The Morgan fingerprint density at radius 1 is 1.08 bits per heavy atom. The number of imide groups is 1. The number of benzene rings is 1. The van der Waals surface area contributed by atoms with Crippen LogP contribution >= 0.6 is 35.0 Å². The van der Waals surface area contributed by atoms with Crippen molar-refractivity contribution in [3.05, 3.63) is 68.8 Å². The van der Waals surface area contributed by atoms with Gasteiger partial charge < -0.3 is 5.11 Å². The van der Waals surface area contributed by atoms with E-state index >= 15 is 0 Å². The average Bonchev–Trinajstić information content (AvgIpc) is 2.85. The molecule has 0 fully saturated rings. The summed E-state index contributed by atoms with van der Waals surface area (Å²) in [5.41, 5.74) is 1.48. The van der Waals surface area contributed by atoms with Crippen LogP contribution in [-0.2, 0) is 16.1 Å². The summed E-state index contributed by atoms with van der Waals surface area (Å²) >= 11 is 13.3. The molecule has 0 aliphatic carbocycles. The van der Waals surface area contributed by atoms with Gasteiger partial charge in [0, 0.05) is 28.7 Å². The third kappa shape index (κ3) is 3.78. The van der Waals surface area contributed by atoms with E-state index in [1.807, 2.05) is 0 Å². The number of aliphatic hydroxyl groups is 1. The minimum Gasteiger partial charge on any atom is -0.396 e. The van der Waals surface area contributed by atoms with Gasteiger partial charge in [-0.2, -0.15) is 0 Å². The topological polar surface area (TPSA) is 70.5 Å². The van der Waals surface area contributed by atoms with Crippen molar-refractivity contribution in [2.75, 3.05) is 12.4 Å². The van der Waals surface area contributed by atoms with Crippen molar-refractivity contribution in [2.45, 2.75) is 6.54 Å². The molecular weight excluding hydrogens is 395 g/mol. The van der Waals surface area contributed by atoms with Crippen molar-refractivity contribution in [2.24, 2.45) is 0 Å². The first kappa shape index (κ1) is 18.9. The number of carbonyl (C=O) groups is 2. The first-order chi connectivity index (χ1) is 12.5. The molecule has 0 radical (unpaired) electrons. The summed E-state index contributed by atoms with van der Waals surface area (Å²) in [6.45, 7) is 0.0275. The van der Waals surface area contributed by atoms with Crippen LogP contribution in [0.3, 0.4) is 0 Å². The van der Waals surface area contributed by atoms with Crippen molar-refractivity contribution in [3.63, 3.8) is 0 Å². The van der Waals surface area contributed by atoms with Gasteiger partial charge in [-0.1, -0.05) is 29.3 Å². The zero-order chi connectivity index (χ0) is 18.7. The molecule has 134 valence electrons. The van der Waals surface area contributed by atoms with Gasteiger partial charge in [0.05, 0.1) is 28.7 Å². The van der Waals surface area contributed by atoms with E-state index in [-0.39, 0.29) is 23.6 Å². The van der Waals surface area contributed by atoms with Crippen LogP contribution < -0.4 is 0 Å². The highest BCUT2D eigenvalue weighted by molar-refractivity contribution is 8.04. The van der Waals surface area contributed by atoms with Crippen LogP contribution in [0.1, 0.15) is 11.1 Å². The zero-order valence-corrected chi connectivity index (χ0v) is 15.8. The molecule has 1 aromatic heterocycles. The van der Waals surface area contributed by atoms with Crippen LogP contribution in [0, 0.1) is 0 Å². The molecular formula is C18H14Cl2N2O3S. The SMILES string of the molecule is O=C1C(SCCO)=C(c2ccc(Cl)cc2Cl)C(=O)N1Cc1ccncc1. The number of aliphatic hydroxyl groups excluding tert-OH is 1. The molecule has 0 saturated heterocycles. The van der Waals surface area contributed by atoms with Gasteiger partial charge in [0.2, 0.25) is 0 Å². The summed E-state index contributed by atoms with van der Waals surface area (Å²) in [5.74, 6) is -0.519. The van der Waals surface area contributed by atoms with Crippen LogP contribution in [0.2, 0.25) is 10.0 Å². The van der Waals surface area contributed by atoms with Crippen LogP contribution in [0.25, 0.3) is 5.57 Å². The second-order valence-corrected chi connectivity index (χ2v) is 7.40. The van der Waals surface area contributed by atoms with Crippen LogP contribution in [-0.4, -0.2) is 39.2 Å². The number of thioether (sulfide) groups is 1. The third-order valence-corrected chi connectivity index (χ3v) is 5.36. The van der Waals surface area contributed by atoms with Gasteiger partial charge in [0.15, 0.2) is 0 Å². The van der Waals surface area contributed by atoms with Crippen molar-refractivity contribution in [1.82, 2.24) is 9.88 Å². The molecule has 0 spiro atoms. The van der Waals surface area contributed by atoms with E-state index in [1.165, 1.54) is 11.0 Å². The highest BCUT2D eigenvalue weighted by Crippen LogP contribution is 2.39. The second-order valence-electron chi connectivity index (χ2n) is 5.45. The number of amides is 2. The molecule has 3 rings (SSSR count). The molecule has 1 N–H and O–H groups in total. The van der Waals surface area contributed by atoms with E-state index in [0.29, 0.717) is 21.4 Å². The number of pyridine rings is 1. The maximum atomic E-state index is 13.0. The van der Waals surface area contributed by atoms with Gasteiger partial charge in [0.25, 0.3) is 11.8 Å². The molecule has 0 atom stereocenters. The Morgan fingerprint density at radius 2 is 1.81 bits per heavy atom. The summed E-state index contributed by atoms with van der Waals surface area (Å²) < 4.78 is 0. The van der Waals surface area contributed by atoms with E-state index in [4.69, 9.17) is 28.3 Å². The first-order valence-electron chi connectivity index (χ1n) is 7.71. The van der Waals surface area contributed by atoms with Gasteiger partial charge in [-0.3, -0.25) is 19.5 Å². The van der Waals surface area contributed by atoms with Gasteiger partial charge in [0.1, 0.15) is 0 Å². The molecule has 0 saturated carbocycles. The van der Waals surface area contributed by atoms with Crippen LogP contribution in [0.15, 0.2) is 47.6 Å². The Bertz CT molecular complexity index is 887. The van der Waals surface area contributed by atoms with E-state index in [1.54, 1.807) is 36.7 Å². The number of hydrogen-bond donors (Lipinski definition) is 1. The molecule has 1 aliphatic rings. The fourth-order valence-corrected chi connectivity index (χ4v) is 3.95. The predicted octanol–water partition coefficient (Wildman–Crippen LogP) is 3.39. The third-order valence-electron chi connectivity index (χ3n) is 3.75. The molecule has 5 nitrogen and oxygen atoms in total. The summed E-state index contributed by atoms with van der Waals surface area (Å²) in [5, 5.41) is 9.86. The quantitative estimate of drug-likeness (QED) is 0.741. The zero-order valence-electron chi connectivity index (χ0n) is 13.5. The van der Waals surface area contributed by atoms with Crippen molar-refractivity contribution >= 4 is 52.4 Å². The van der Waals surface area contributed by atoms with Gasteiger partial charge in [-0.25, -0.2) is 0 Å². The molecule has 2 aromatic rings. The molecule has 2 amide bonds. The summed E-state index contributed by atoms with van der Waals surface area (Å²) in [7, 11) is 0. The molecule has 8 heteroatoms. The monoisotopic (exact) mass is 408 g/mol. The Morgan fingerprint density at radius 3 is 2.46 bits per heavy atom. The minimum atomic E-state index is -0.420. The molecule has 0 unspecified atom stereocenters. The van der Waals surface area contributed by atoms with Crippen LogP contribution in [0.5, 0.6) is 0 Å². The Kier molecular flexibility index (Phi) is 5.98. The number of carbonyl (C=O) groups excluding carboxylic acids is 2. The smallest absolute Gasteiger partial charge is 0.268 e. The number of halogens is 2. The molecule has 1 aliphatic heterocycles. The Balaban J connectivity index is 2.01. The first-order valence-corrected chi connectivity index (χ1v) is 9.45. The lowest BCUT2D eigenvalue weighted by Crippen LogP contribution is -2.31. The maximum absolute atomic E-state index is 13.0. The second kappa shape index (κ2) is 8.22. The summed E-state index contributed by atoms with van der Waals surface area (Å²) in [4.78, 5) is 31.2. The van der Waals surface area contributed by atoms with E-state index < -0.39 is 11.8 Å². The van der Waals surface area contributed by atoms with Gasteiger partial charge in [-0.15, -0.1) is 11.8 Å². The standard InChI is InChI=1S/C18H14Cl2N2O3S/c19-12-1-2-13(14(20)9-12)15-16(26-8-7-23)18(25)22(17(15)24)10-11-3-5-21-6-4-11/h1-6,9,23H,7-8,10H2. The van der Waals surface area contributed by atoms with Crippen LogP contribution in [0.4, 0.5) is 0 Å². The number of hydrogen-bond acceptors (Lipinski definition) is 5. The molecule has 1 aromatic carbocycles. The summed E-state index contributed by atoms with van der Waals surface area (Å²) in [6, 6.07) is 8.26. The van der Waals surface area contributed by atoms with Crippen molar-refractivity contribution < 1.29 is 14.7 Å². The lowest BCUT2D eigenvalue weighted by molar-refractivity contribution is -0.137. The largest absolute Gasteiger partial charge is 0.396 e. The number of nitrogens with zero attached hydrogens (tertiary/aromatic N) is 2. The van der Waals surface area contributed by atoms with Gasteiger partial charge >= 0.3 is 0 Å². The number of aromatic nitrogens is 1. The summed E-state index contributed by atoms with van der Waals surface area (Å²) in [6.07, 6.45) is 3.21. The maximum Gasteiger partial charge on any atom is 0.268 e. The number of rotatable bonds is 6. The average molecular weight is 409 g/mol. The fraction of sp³-hybridized carbons (Fsp3) is 0.167. The lowest BCUT2D eigenvalue weighted by Gasteiger charge is -2.15. The van der Waals surface area contributed by atoms with Crippen molar-refractivity contribution in [1.29, 1.82) is 0 Å². The predicted molar refractivity (Wildman–Crippen MR) is 103 cm³/mol. The van der Waals surface area contributed by atoms with Gasteiger partial charge in [-0.05, 0) is 29.8 Å². The van der Waals surface area contributed by atoms with E-state index in [9.17, 15) is 9.59 Å². The van der Waals surface area contributed by atoms with E-state index in [2.05, 4.69) is 4.98 Å². The minimum absolute atomic E-state index is 0.110. The molecule has 26 heavy (non-hydrogen) atoms. The highest BCUT2D eigenvalue weighted by atomic mass is 35.5. The van der Waals surface area contributed by atoms with E-state index in [0.717, 1.165) is 17.3 Å². The fourth-order valence-electron chi connectivity index (χ4n) is 2.58. The molecule has 2 heterocycles. The Labute approximate surface area is 164 Å².